The highest BCUT2D eigenvalue weighted by Gasteiger charge is 2.04. The fourth-order valence-electron chi connectivity index (χ4n) is 2.18. The summed E-state index contributed by atoms with van der Waals surface area (Å²) in [5.74, 6) is 0.794. The summed E-state index contributed by atoms with van der Waals surface area (Å²) in [5, 5.41) is 0. The zero-order valence-corrected chi connectivity index (χ0v) is 11.4. The summed E-state index contributed by atoms with van der Waals surface area (Å²) in [6.07, 6.45) is 5.57. The van der Waals surface area contributed by atoms with E-state index in [1.165, 1.54) is 19.3 Å². The van der Waals surface area contributed by atoms with Crippen LogP contribution in [0.25, 0.3) is 11.1 Å². The van der Waals surface area contributed by atoms with Crippen molar-refractivity contribution in [2.75, 3.05) is 0 Å². The third-order valence-electron chi connectivity index (χ3n) is 3.21. The molecule has 0 fully saturated rings. The molecule has 100 valence electrons. The third-order valence-corrected chi connectivity index (χ3v) is 3.21. The van der Waals surface area contributed by atoms with Crippen molar-refractivity contribution in [3.63, 3.8) is 0 Å². The Morgan fingerprint density at radius 1 is 0.947 bits per heavy atom. The first kappa shape index (κ1) is 13.6. The molecule has 0 spiro atoms. The molecule has 0 radical (unpaired) electrons. The Balaban J connectivity index is 2.14. The molecular formula is C17H20O2. The van der Waals surface area contributed by atoms with Gasteiger partial charge in [0.15, 0.2) is 0 Å². The Hall–Kier alpha value is -1.83. The fourth-order valence-corrected chi connectivity index (χ4v) is 2.18. The third kappa shape index (κ3) is 4.09. The van der Waals surface area contributed by atoms with Crippen LogP contribution >= 0.6 is 0 Å². The molecule has 2 heteroatoms. The van der Waals surface area contributed by atoms with Gasteiger partial charge in [0.05, 0.1) is 0 Å². The van der Waals surface area contributed by atoms with E-state index >= 15 is 0 Å². The van der Waals surface area contributed by atoms with Gasteiger partial charge in [-0.1, -0.05) is 56.5 Å². The number of hydrogen-bond donors (Lipinski definition) is 0. The summed E-state index contributed by atoms with van der Waals surface area (Å²) in [4.78, 5) is 11.6. The molecule has 1 aromatic heterocycles. The highest BCUT2D eigenvalue weighted by atomic mass is 16.4. The summed E-state index contributed by atoms with van der Waals surface area (Å²) in [6.45, 7) is 2.19. The van der Waals surface area contributed by atoms with Crippen LogP contribution in [0.4, 0.5) is 0 Å². The first-order chi connectivity index (χ1) is 9.29. The van der Waals surface area contributed by atoms with Gasteiger partial charge in [-0.25, -0.2) is 4.79 Å². The Morgan fingerprint density at radius 3 is 2.47 bits per heavy atom. The quantitative estimate of drug-likeness (QED) is 0.716. The molecular weight excluding hydrogens is 236 g/mol. The van der Waals surface area contributed by atoms with Crippen LogP contribution in [0.1, 0.15) is 38.4 Å². The van der Waals surface area contributed by atoms with E-state index < -0.39 is 0 Å². The standard InChI is InChI=1S/C17H20O2/c1-2-3-4-8-11-16-12-15(13-17(18)19-16)14-9-6-5-7-10-14/h5-7,9-10,12-13H,2-4,8,11H2,1H3. The number of hydrogen-bond acceptors (Lipinski definition) is 2. The van der Waals surface area contributed by atoms with Gasteiger partial charge < -0.3 is 4.42 Å². The van der Waals surface area contributed by atoms with Crippen molar-refractivity contribution in [1.82, 2.24) is 0 Å². The summed E-state index contributed by atoms with van der Waals surface area (Å²) in [6, 6.07) is 13.5. The molecule has 0 saturated heterocycles. The smallest absolute Gasteiger partial charge is 0.336 e. The minimum Gasteiger partial charge on any atom is -0.428 e. The molecule has 1 heterocycles. The van der Waals surface area contributed by atoms with Gasteiger partial charge in [0.2, 0.25) is 0 Å². The highest BCUT2D eigenvalue weighted by molar-refractivity contribution is 5.62. The molecule has 0 atom stereocenters. The van der Waals surface area contributed by atoms with Crippen LogP contribution in [0.2, 0.25) is 0 Å². The largest absolute Gasteiger partial charge is 0.428 e. The Morgan fingerprint density at radius 2 is 1.74 bits per heavy atom. The molecule has 0 saturated carbocycles. The van der Waals surface area contributed by atoms with Gasteiger partial charge >= 0.3 is 5.63 Å². The Bertz CT molecular complexity index is 555. The van der Waals surface area contributed by atoms with Crippen molar-refractivity contribution >= 4 is 0 Å². The number of unbranched alkanes of at least 4 members (excludes halogenated alkanes) is 3. The molecule has 0 amide bonds. The molecule has 19 heavy (non-hydrogen) atoms. The average molecular weight is 256 g/mol. The van der Waals surface area contributed by atoms with Crippen LogP contribution in [0, 0.1) is 0 Å². The molecule has 2 nitrogen and oxygen atoms in total. The lowest BCUT2D eigenvalue weighted by Crippen LogP contribution is -2.01. The molecule has 0 aliphatic carbocycles. The zero-order chi connectivity index (χ0) is 13.5. The fraction of sp³-hybridized carbons (Fsp3) is 0.353. The number of rotatable bonds is 6. The zero-order valence-electron chi connectivity index (χ0n) is 11.4. The first-order valence-corrected chi connectivity index (χ1v) is 6.99. The number of benzene rings is 1. The molecule has 1 aromatic carbocycles. The van der Waals surface area contributed by atoms with E-state index in [1.807, 2.05) is 36.4 Å². The molecule has 0 aliphatic heterocycles. The van der Waals surface area contributed by atoms with Crippen molar-refractivity contribution in [3.8, 4) is 11.1 Å². The van der Waals surface area contributed by atoms with E-state index in [0.717, 1.165) is 29.7 Å². The van der Waals surface area contributed by atoms with Gasteiger partial charge in [0, 0.05) is 12.5 Å². The second-order valence-electron chi connectivity index (χ2n) is 4.81. The minimum absolute atomic E-state index is 0.258. The van der Waals surface area contributed by atoms with Crippen molar-refractivity contribution in [2.24, 2.45) is 0 Å². The van der Waals surface area contributed by atoms with Gasteiger partial charge in [0.1, 0.15) is 5.76 Å². The van der Waals surface area contributed by atoms with Crippen LogP contribution in [0.15, 0.2) is 51.7 Å². The highest BCUT2D eigenvalue weighted by Crippen LogP contribution is 2.19. The predicted octanol–water partition coefficient (Wildman–Crippen LogP) is 4.43. The molecule has 2 rings (SSSR count). The van der Waals surface area contributed by atoms with E-state index in [1.54, 1.807) is 6.07 Å². The summed E-state index contributed by atoms with van der Waals surface area (Å²) < 4.78 is 5.26. The van der Waals surface area contributed by atoms with E-state index in [-0.39, 0.29) is 5.63 Å². The maximum absolute atomic E-state index is 11.6. The van der Waals surface area contributed by atoms with Crippen molar-refractivity contribution in [1.29, 1.82) is 0 Å². The van der Waals surface area contributed by atoms with Crippen LogP contribution in [-0.4, -0.2) is 0 Å². The lowest BCUT2D eigenvalue weighted by atomic mass is 10.0. The first-order valence-electron chi connectivity index (χ1n) is 6.99. The Kier molecular flexibility index (Phi) is 4.96. The predicted molar refractivity (Wildman–Crippen MR) is 78.3 cm³/mol. The topological polar surface area (TPSA) is 30.2 Å². The molecule has 0 unspecified atom stereocenters. The van der Waals surface area contributed by atoms with Crippen molar-refractivity contribution < 1.29 is 4.42 Å². The van der Waals surface area contributed by atoms with Crippen LogP contribution in [0.5, 0.6) is 0 Å². The lowest BCUT2D eigenvalue weighted by Gasteiger charge is -2.04. The monoisotopic (exact) mass is 256 g/mol. The van der Waals surface area contributed by atoms with Gasteiger partial charge in [0.25, 0.3) is 0 Å². The van der Waals surface area contributed by atoms with Gasteiger partial charge in [-0.05, 0) is 23.6 Å². The normalized spacial score (nSPS) is 10.6. The van der Waals surface area contributed by atoms with Crippen LogP contribution in [-0.2, 0) is 6.42 Å². The van der Waals surface area contributed by atoms with E-state index in [9.17, 15) is 4.79 Å². The van der Waals surface area contributed by atoms with E-state index in [0.29, 0.717) is 0 Å². The van der Waals surface area contributed by atoms with Gasteiger partial charge in [-0.2, -0.15) is 0 Å². The summed E-state index contributed by atoms with van der Waals surface area (Å²) >= 11 is 0. The van der Waals surface area contributed by atoms with Crippen molar-refractivity contribution in [2.45, 2.75) is 39.0 Å². The summed E-state index contributed by atoms with van der Waals surface area (Å²) in [5.41, 5.74) is 1.75. The van der Waals surface area contributed by atoms with Crippen LogP contribution in [0.3, 0.4) is 0 Å². The summed E-state index contributed by atoms with van der Waals surface area (Å²) in [7, 11) is 0. The van der Waals surface area contributed by atoms with Gasteiger partial charge in [-0.15, -0.1) is 0 Å². The minimum atomic E-state index is -0.258. The van der Waals surface area contributed by atoms with E-state index in [4.69, 9.17) is 4.42 Å². The second kappa shape index (κ2) is 6.93. The van der Waals surface area contributed by atoms with Crippen LogP contribution < -0.4 is 5.63 Å². The van der Waals surface area contributed by atoms with Crippen molar-refractivity contribution in [3.05, 3.63) is 58.6 Å². The average Bonchev–Trinajstić information content (AvgIpc) is 2.44. The maximum atomic E-state index is 11.6. The molecule has 0 bridgehead atoms. The second-order valence-corrected chi connectivity index (χ2v) is 4.81. The molecule has 0 N–H and O–H groups in total. The lowest BCUT2D eigenvalue weighted by molar-refractivity contribution is 0.450. The number of aryl methyl sites for hydroxylation is 1. The Labute approximate surface area is 114 Å². The molecule has 2 aromatic rings. The van der Waals surface area contributed by atoms with E-state index in [2.05, 4.69) is 6.92 Å². The SMILES string of the molecule is CCCCCCc1cc(-c2ccccc2)cc(=O)o1. The van der Waals surface area contributed by atoms with Gasteiger partial charge in [-0.3, -0.25) is 0 Å². The maximum Gasteiger partial charge on any atom is 0.336 e. The molecule has 0 aliphatic rings.